The predicted octanol–water partition coefficient (Wildman–Crippen LogP) is -0.0843. The van der Waals surface area contributed by atoms with Crippen LogP contribution in [0.2, 0.25) is 0 Å². The lowest BCUT2D eigenvalue weighted by molar-refractivity contribution is -0.843. The van der Waals surface area contributed by atoms with E-state index in [-0.39, 0.29) is 12.8 Å². The first-order valence-corrected chi connectivity index (χ1v) is 5.30. The van der Waals surface area contributed by atoms with Crippen molar-refractivity contribution in [2.24, 2.45) is 11.8 Å². The molecular weight excluding hydrogens is 268 g/mol. The Morgan fingerprint density at radius 1 is 0.789 bits per heavy atom. The highest BCUT2D eigenvalue weighted by molar-refractivity contribution is 5.07. The summed E-state index contributed by atoms with van der Waals surface area (Å²) in [5.74, 6) is -3.13. The van der Waals surface area contributed by atoms with Crippen LogP contribution in [0.4, 0.5) is 0 Å². The van der Waals surface area contributed by atoms with Crippen molar-refractivity contribution in [1.82, 2.24) is 0 Å². The number of nitro groups is 4. The van der Waals surface area contributed by atoms with Gasteiger partial charge in [0.25, 0.3) is 0 Å². The van der Waals surface area contributed by atoms with Gasteiger partial charge in [-0.1, -0.05) is 0 Å². The van der Waals surface area contributed by atoms with Crippen LogP contribution in [-0.4, -0.2) is 31.0 Å². The largest absolute Gasteiger partial charge is 0.478 e. The number of nitrogens with zero attached hydrogens (tertiary/aromatic N) is 4. The number of rotatable bonds is 4. The van der Waals surface area contributed by atoms with E-state index in [0.717, 1.165) is 0 Å². The van der Waals surface area contributed by atoms with Gasteiger partial charge in [-0.2, -0.15) is 0 Å². The minimum atomic E-state index is -2.83. The average molecular weight is 276 g/mol. The Labute approximate surface area is 104 Å². The molecule has 0 N–H and O–H groups in total. The van der Waals surface area contributed by atoms with Crippen LogP contribution in [0.3, 0.4) is 0 Å². The second-order valence-corrected chi connectivity index (χ2v) is 4.72. The molecule has 0 aromatic heterocycles. The second-order valence-electron chi connectivity index (χ2n) is 4.72. The summed E-state index contributed by atoms with van der Waals surface area (Å²) in [6.45, 7) is 0. The molecule has 2 bridgehead atoms. The minimum absolute atomic E-state index is 0.00998. The third kappa shape index (κ3) is 1.17. The topological polar surface area (TPSA) is 173 Å². The van der Waals surface area contributed by atoms with Crippen molar-refractivity contribution in [1.29, 1.82) is 0 Å². The van der Waals surface area contributed by atoms with Crippen molar-refractivity contribution < 1.29 is 19.7 Å². The Hall–Kier alpha value is -2.40. The molecule has 0 unspecified atom stereocenters. The van der Waals surface area contributed by atoms with E-state index in [0.29, 0.717) is 0 Å². The van der Waals surface area contributed by atoms with Gasteiger partial charge < -0.3 is 0 Å². The summed E-state index contributed by atoms with van der Waals surface area (Å²) in [4.78, 5) is 39.3. The zero-order chi connectivity index (χ0) is 14.6. The lowest BCUT2D eigenvalue weighted by Crippen LogP contribution is -2.58. The van der Waals surface area contributed by atoms with E-state index in [4.69, 9.17) is 0 Å². The quantitative estimate of drug-likeness (QED) is 0.389. The molecule has 2 fully saturated rings. The van der Waals surface area contributed by atoms with Gasteiger partial charge in [-0.05, 0) is 12.8 Å². The van der Waals surface area contributed by atoms with Gasteiger partial charge in [0.15, 0.2) is 0 Å². The van der Waals surface area contributed by atoms with E-state index in [1.54, 1.807) is 0 Å². The fourth-order valence-corrected chi connectivity index (χ4v) is 3.50. The Balaban J connectivity index is 2.65. The van der Waals surface area contributed by atoms with Gasteiger partial charge in [0.05, 0.1) is 19.7 Å². The maximum Gasteiger partial charge on any atom is 0.478 e. The van der Waals surface area contributed by atoms with Crippen LogP contribution >= 0.6 is 0 Å². The maximum atomic E-state index is 11.1. The number of hydrogen-bond donors (Lipinski definition) is 0. The second kappa shape index (κ2) is 3.55. The third-order valence-corrected chi connectivity index (χ3v) is 4.24. The Morgan fingerprint density at radius 2 is 1.26 bits per heavy atom. The molecule has 12 heteroatoms. The van der Waals surface area contributed by atoms with Crippen LogP contribution < -0.4 is 0 Å². The Kier molecular flexibility index (Phi) is 2.44. The average Bonchev–Trinajstić information content (AvgIpc) is 2.79. The van der Waals surface area contributed by atoms with Crippen LogP contribution in [-0.2, 0) is 0 Å². The summed E-state index contributed by atoms with van der Waals surface area (Å²) in [7, 11) is 0. The molecule has 2 saturated carbocycles. The van der Waals surface area contributed by atoms with Gasteiger partial charge in [-0.15, -0.1) is 0 Å². The molecule has 12 nitrogen and oxygen atoms in total. The van der Waals surface area contributed by atoms with Crippen LogP contribution in [0.15, 0.2) is 0 Å². The predicted molar refractivity (Wildman–Crippen MR) is 54.3 cm³/mol. The standard InChI is InChI=1S/C7H8N4O8/c12-8(13)6(9(14)15)3-4-1-2-5(6)7(4,10(16)17)11(18)19/h4-5H,1-3H2/t4-,5+/m1/s1. The van der Waals surface area contributed by atoms with Crippen molar-refractivity contribution in [2.75, 3.05) is 0 Å². The van der Waals surface area contributed by atoms with Crippen LogP contribution in [0.1, 0.15) is 19.3 Å². The number of fused-ring (bicyclic) bond motifs is 2. The first-order valence-electron chi connectivity index (χ1n) is 5.30. The van der Waals surface area contributed by atoms with Gasteiger partial charge in [-0.3, -0.25) is 40.5 Å². The molecule has 0 spiro atoms. The van der Waals surface area contributed by atoms with E-state index >= 15 is 0 Å². The first kappa shape index (κ1) is 13.0. The summed E-state index contributed by atoms with van der Waals surface area (Å²) in [5.41, 5.74) is -5.65. The highest BCUT2D eigenvalue weighted by Crippen LogP contribution is 2.59. The van der Waals surface area contributed by atoms with Crippen molar-refractivity contribution in [3.8, 4) is 0 Å². The van der Waals surface area contributed by atoms with Crippen LogP contribution in [0, 0.1) is 52.3 Å². The Morgan fingerprint density at radius 3 is 1.53 bits per heavy atom. The normalized spacial score (nSPS) is 29.9. The summed E-state index contributed by atoms with van der Waals surface area (Å²) < 4.78 is 0. The van der Waals surface area contributed by atoms with Gasteiger partial charge in [0.2, 0.25) is 5.92 Å². The first-order chi connectivity index (χ1) is 8.72. The van der Waals surface area contributed by atoms with Gasteiger partial charge in [0, 0.05) is 0 Å². The smallest absolute Gasteiger partial charge is 0.258 e. The molecule has 0 aliphatic heterocycles. The molecule has 2 atom stereocenters. The van der Waals surface area contributed by atoms with Gasteiger partial charge in [0.1, 0.15) is 12.3 Å². The molecule has 0 aromatic rings. The maximum absolute atomic E-state index is 11.1. The van der Waals surface area contributed by atoms with Crippen LogP contribution in [0.25, 0.3) is 0 Å². The zero-order valence-electron chi connectivity index (χ0n) is 9.33. The van der Waals surface area contributed by atoms with Gasteiger partial charge >= 0.3 is 11.3 Å². The van der Waals surface area contributed by atoms with E-state index < -0.39 is 49.3 Å². The van der Waals surface area contributed by atoms with Crippen molar-refractivity contribution in [3.05, 3.63) is 40.5 Å². The molecular formula is C7H8N4O8. The molecule has 2 aliphatic rings. The lowest BCUT2D eigenvalue weighted by Gasteiger charge is -2.19. The SMILES string of the molecule is O=[N+]([O-])C1([N+](=O)[O-])C[C@H]2CC[C@@H]1C2([N+](=O)[O-])[N+](=O)[O-]. The van der Waals surface area contributed by atoms with E-state index in [1.807, 2.05) is 0 Å². The minimum Gasteiger partial charge on any atom is -0.258 e. The molecule has 0 radical (unpaired) electrons. The van der Waals surface area contributed by atoms with E-state index in [1.165, 1.54) is 0 Å². The molecule has 0 saturated heterocycles. The highest BCUT2D eigenvalue weighted by atomic mass is 16.7. The fraction of sp³-hybridized carbons (Fsp3) is 1.00. The zero-order valence-corrected chi connectivity index (χ0v) is 9.33. The highest BCUT2D eigenvalue weighted by Gasteiger charge is 2.92. The number of hydrogen-bond acceptors (Lipinski definition) is 8. The summed E-state index contributed by atoms with van der Waals surface area (Å²) >= 11 is 0. The van der Waals surface area contributed by atoms with Crippen molar-refractivity contribution in [3.63, 3.8) is 0 Å². The van der Waals surface area contributed by atoms with Crippen molar-refractivity contribution >= 4 is 0 Å². The summed E-state index contributed by atoms with van der Waals surface area (Å²) in [5, 5.41) is 44.2. The summed E-state index contributed by atoms with van der Waals surface area (Å²) in [6.07, 6.45) is -1.04. The van der Waals surface area contributed by atoms with Gasteiger partial charge in [-0.25, -0.2) is 0 Å². The molecule has 0 heterocycles. The molecule has 2 rings (SSSR count). The Bertz CT molecular complexity index is 475. The lowest BCUT2D eigenvalue weighted by atomic mass is 9.89. The summed E-state index contributed by atoms with van der Waals surface area (Å²) in [6, 6.07) is 0. The molecule has 2 aliphatic carbocycles. The monoisotopic (exact) mass is 276 g/mol. The fourth-order valence-electron chi connectivity index (χ4n) is 3.50. The van der Waals surface area contributed by atoms with Crippen LogP contribution in [0.5, 0.6) is 0 Å². The van der Waals surface area contributed by atoms with Crippen molar-refractivity contribution in [2.45, 2.75) is 30.6 Å². The molecule has 0 amide bonds. The third-order valence-electron chi connectivity index (χ3n) is 4.24. The van der Waals surface area contributed by atoms with E-state index in [2.05, 4.69) is 0 Å². The molecule has 19 heavy (non-hydrogen) atoms. The molecule has 104 valence electrons. The van der Waals surface area contributed by atoms with E-state index in [9.17, 15) is 40.5 Å². The molecule has 0 aromatic carbocycles.